The minimum atomic E-state index is -1.32. The maximum absolute atomic E-state index is 12.7. The first kappa shape index (κ1) is 18.5. The Morgan fingerprint density at radius 2 is 1.92 bits per heavy atom. The molecular formula is C18H23N3O4. The van der Waals surface area contributed by atoms with Crippen LogP contribution in [0.4, 0.5) is 4.79 Å². The van der Waals surface area contributed by atoms with E-state index in [1.54, 1.807) is 20.8 Å². The molecule has 0 saturated carbocycles. The van der Waals surface area contributed by atoms with Crippen LogP contribution in [0.15, 0.2) is 34.9 Å². The summed E-state index contributed by atoms with van der Waals surface area (Å²) >= 11 is 0. The van der Waals surface area contributed by atoms with E-state index in [0.29, 0.717) is 24.4 Å². The van der Waals surface area contributed by atoms with Crippen molar-refractivity contribution in [3.8, 4) is 0 Å². The number of hydrogen-bond acceptors (Lipinski definition) is 4. The fourth-order valence-electron chi connectivity index (χ4n) is 2.69. The fraction of sp³-hybridized carbons (Fsp3) is 0.389. The minimum Gasteiger partial charge on any atom is -0.465 e. The number of nitrogens with zero attached hydrogens (tertiary/aromatic N) is 1. The first-order valence-corrected chi connectivity index (χ1v) is 8.07. The van der Waals surface area contributed by atoms with Gasteiger partial charge in [0, 0.05) is 18.5 Å². The lowest BCUT2D eigenvalue weighted by atomic mass is 9.91. The zero-order chi connectivity index (χ0) is 18.4. The number of carbonyl (C=O) groups is 2. The molecular weight excluding hydrogens is 322 g/mol. The van der Waals surface area contributed by atoms with Crippen LogP contribution < -0.4 is 10.6 Å². The highest BCUT2D eigenvalue weighted by atomic mass is 16.5. The molecule has 3 N–H and O–H groups in total. The van der Waals surface area contributed by atoms with Crippen LogP contribution in [0.1, 0.15) is 29.5 Å². The van der Waals surface area contributed by atoms with Crippen molar-refractivity contribution in [1.29, 1.82) is 0 Å². The predicted octanol–water partition coefficient (Wildman–Crippen LogP) is 2.22. The molecule has 1 aromatic heterocycles. The molecule has 0 spiro atoms. The summed E-state index contributed by atoms with van der Waals surface area (Å²) < 4.78 is 5.11. The van der Waals surface area contributed by atoms with Crippen molar-refractivity contribution in [2.75, 3.05) is 6.54 Å². The van der Waals surface area contributed by atoms with Crippen LogP contribution in [0.2, 0.25) is 0 Å². The molecule has 2 rings (SSSR count). The zero-order valence-corrected chi connectivity index (χ0v) is 14.6. The van der Waals surface area contributed by atoms with Gasteiger partial charge in [0.1, 0.15) is 11.3 Å². The Balaban J connectivity index is 2.07. The second-order valence-electron chi connectivity index (χ2n) is 6.23. The standard InChI is InChI=1S/C18H23N3O4/c1-12-15(13(2)25-21-12)11-18(3,20-17(23)24)16(22)19-10-9-14-7-5-4-6-8-14/h4-8,20H,9-11H2,1-3H3,(H,19,22)(H,23,24). The molecule has 1 unspecified atom stereocenters. The maximum atomic E-state index is 12.7. The lowest BCUT2D eigenvalue weighted by Gasteiger charge is -2.28. The Kier molecular flexibility index (Phi) is 5.80. The van der Waals surface area contributed by atoms with Crippen molar-refractivity contribution in [3.63, 3.8) is 0 Å². The smallest absolute Gasteiger partial charge is 0.405 e. The predicted molar refractivity (Wildman–Crippen MR) is 92.4 cm³/mol. The number of amides is 2. The number of benzene rings is 1. The molecule has 0 aliphatic heterocycles. The zero-order valence-electron chi connectivity index (χ0n) is 14.6. The average Bonchev–Trinajstić information content (AvgIpc) is 2.87. The van der Waals surface area contributed by atoms with Gasteiger partial charge in [0.05, 0.1) is 5.69 Å². The molecule has 0 bridgehead atoms. The quantitative estimate of drug-likeness (QED) is 0.714. The van der Waals surface area contributed by atoms with Crippen LogP contribution in [0.5, 0.6) is 0 Å². The van der Waals surface area contributed by atoms with Crippen molar-refractivity contribution in [2.24, 2.45) is 0 Å². The van der Waals surface area contributed by atoms with Crippen molar-refractivity contribution in [1.82, 2.24) is 15.8 Å². The highest BCUT2D eigenvalue weighted by Crippen LogP contribution is 2.20. The first-order valence-electron chi connectivity index (χ1n) is 8.07. The van der Waals surface area contributed by atoms with Gasteiger partial charge in [-0.3, -0.25) is 4.79 Å². The van der Waals surface area contributed by atoms with E-state index in [4.69, 9.17) is 9.63 Å². The summed E-state index contributed by atoms with van der Waals surface area (Å²) in [5.74, 6) is 0.193. The van der Waals surface area contributed by atoms with Crippen LogP contribution >= 0.6 is 0 Å². The van der Waals surface area contributed by atoms with Gasteiger partial charge in [-0.2, -0.15) is 0 Å². The molecule has 1 heterocycles. The Morgan fingerprint density at radius 3 is 2.48 bits per heavy atom. The second-order valence-corrected chi connectivity index (χ2v) is 6.23. The highest BCUT2D eigenvalue weighted by Gasteiger charge is 2.36. The third-order valence-corrected chi connectivity index (χ3v) is 4.14. The van der Waals surface area contributed by atoms with E-state index in [1.165, 1.54) is 0 Å². The van der Waals surface area contributed by atoms with Crippen molar-refractivity contribution in [3.05, 3.63) is 52.9 Å². The topological polar surface area (TPSA) is 104 Å². The van der Waals surface area contributed by atoms with E-state index in [2.05, 4.69) is 15.8 Å². The van der Waals surface area contributed by atoms with Crippen LogP contribution in [-0.2, 0) is 17.6 Å². The van der Waals surface area contributed by atoms with Gasteiger partial charge in [-0.1, -0.05) is 35.5 Å². The van der Waals surface area contributed by atoms with E-state index in [-0.39, 0.29) is 12.3 Å². The first-order chi connectivity index (χ1) is 11.8. The highest BCUT2D eigenvalue weighted by molar-refractivity contribution is 5.89. The van der Waals surface area contributed by atoms with Gasteiger partial charge in [0.25, 0.3) is 0 Å². The van der Waals surface area contributed by atoms with Crippen LogP contribution in [-0.4, -0.2) is 34.3 Å². The summed E-state index contributed by atoms with van der Waals surface area (Å²) in [6.07, 6.45) is -0.425. The van der Waals surface area contributed by atoms with Gasteiger partial charge in [0.2, 0.25) is 5.91 Å². The molecule has 0 saturated heterocycles. The Morgan fingerprint density at radius 1 is 1.24 bits per heavy atom. The lowest BCUT2D eigenvalue weighted by molar-refractivity contribution is -0.126. The summed E-state index contributed by atoms with van der Waals surface area (Å²) in [7, 11) is 0. The summed E-state index contributed by atoms with van der Waals surface area (Å²) in [6.45, 7) is 5.48. The Hall–Kier alpha value is -2.83. The third-order valence-electron chi connectivity index (χ3n) is 4.14. The SMILES string of the molecule is Cc1noc(C)c1CC(C)(NC(=O)O)C(=O)NCCc1ccccc1. The summed E-state index contributed by atoms with van der Waals surface area (Å²) in [5.41, 5.74) is 1.16. The molecule has 7 heteroatoms. The van der Waals surface area contributed by atoms with E-state index < -0.39 is 11.6 Å². The third kappa shape index (κ3) is 4.82. The maximum Gasteiger partial charge on any atom is 0.405 e. The minimum absolute atomic E-state index is 0.164. The molecule has 2 aromatic rings. The number of aryl methyl sites for hydroxylation is 2. The van der Waals surface area contributed by atoms with Crippen molar-refractivity contribution >= 4 is 12.0 Å². The summed E-state index contributed by atoms with van der Waals surface area (Å²) in [4.78, 5) is 23.8. The molecule has 0 aliphatic rings. The lowest BCUT2D eigenvalue weighted by Crippen LogP contribution is -2.58. The Labute approximate surface area is 146 Å². The van der Waals surface area contributed by atoms with E-state index in [0.717, 1.165) is 11.1 Å². The molecule has 25 heavy (non-hydrogen) atoms. The van der Waals surface area contributed by atoms with Gasteiger partial charge >= 0.3 is 6.09 Å². The fourth-order valence-corrected chi connectivity index (χ4v) is 2.69. The summed E-state index contributed by atoms with van der Waals surface area (Å²) in [5, 5.41) is 18.1. The largest absolute Gasteiger partial charge is 0.465 e. The van der Waals surface area contributed by atoms with E-state index in [1.807, 2.05) is 30.3 Å². The summed E-state index contributed by atoms with van der Waals surface area (Å²) in [6, 6.07) is 9.75. The van der Waals surface area contributed by atoms with E-state index >= 15 is 0 Å². The number of aromatic nitrogens is 1. The molecule has 1 atom stereocenters. The molecule has 7 nitrogen and oxygen atoms in total. The number of hydrogen-bond donors (Lipinski definition) is 3. The molecule has 1 aromatic carbocycles. The van der Waals surface area contributed by atoms with Crippen molar-refractivity contribution in [2.45, 2.75) is 39.2 Å². The van der Waals surface area contributed by atoms with Crippen LogP contribution in [0, 0.1) is 13.8 Å². The molecule has 0 aliphatic carbocycles. The van der Waals surface area contributed by atoms with Crippen molar-refractivity contribution < 1.29 is 19.2 Å². The molecule has 0 radical (unpaired) electrons. The van der Waals surface area contributed by atoms with Gasteiger partial charge in [-0.15, -0.1) is 0 Å². The number of carbonyl (C=O) groups excluding carboxylic acids is 1. The van der Waals surface area contributed by atoms with Gasteiger partial charge < -0.3 is 20.3 Å². The number of carboxylic acid groups (broad SMARTS) is 1. The van der Waals surface area contributed by atoms with Gasteiger partial charge in [0.15, 0.2) is 0 Å². The number of nitrogens with one attached hydrogen (secondary N) is 2. The van der Waals surface area contributed by atoms with Gasteiger partial charge in [-0.25, -0.2) is 4.79 Å². The van der Waals surface area contributed by atoms with Crippen LogP contribution in [0.25, 0.3) is 0 Å². The average molecular weight is 345 g/mol. The molecule has 0 fully saturated rings. The molecule has 2 amide bonds. The second kappa shape index (κ2) is 7.83. The number of rotatable bonds is 7. The van der Waals surface area contributed by atoms with E-state index in [9.17, 15) is 9.59 Å². The monoisotopic (exact) mass is 345 g/mol. The Bertz CT molecular complexity index is 723. The van der Waals surface area contributed by atoms with Crippen LogP contribution in [0.3, 0.4) is 0 Å². The van der Waals surface area contributed by atoms with Gasteiger partial charge in [-0.05, 0) is 32.8 Å². The normalized spacial score (nSPS) is 13.1. The molecule has 134 valence electrons.